The number of halogens is 3. The number of guanidine groups is 1. The number of rotatable bonds is 6. The standard InChI is InChI=1S/C18H25F3N4O2/c1-22-17(24-12-16(26)25-14-8-3-2-4-9-14)23-11-13-7-5-6-10-15(13)27-18(19,20)21/h5-7,10,14H,2-4,8-9,11-12H2,1H3,(H,25,26)(H2,22,23,24). The second kappa shape index (κ2) is 10.0. The lowest BCUT2D eigenvalue weighted by molar-refractivity contribution is -0.274. The maximum absolute atomic E-state index is 12.5. The highest BCUT2D eigenvalue weighted by molar-refractivity contribution is 5.86. The van der Waals surface area contributed by atoms with Gasteiger partial charge < -0.3 is 20.7 Å². The van der Waals surface area contributed by atoms with Gasteiger partial charge in [0.05, 0.1) is 6.54 Å². The summed E-state index contributed by atoms with van der Waals surface area (Å²) in [4.78, 5) is 16.0. The number of amides is 1. The Morgan fingerprint density at radius 2 is 1.89 bits per heavy atom. The molecule has 1 aromatic carbocycles. The molecule has 3 N–H and O–H groups in total. The van der Waals surface area contributed by atoms with Crippen LogP contribution in [0.2, 0.25) is 0 Å². The van der Waals surface area contributed by atoms with Gasteiger partial charge in [0.25, 0.3) is 0 Å². The van der Waals surface area contributed by atoms with Crippen LogP contribution in [0.5, 0.6) is 5.75 Å². The molecule has 9 heteroatoms. The van der Waals surface area contributed by atoms with Crippen LogP contribution >= 0.6 is 0 Å². The van der Waals surface area contributed by atoms with E-state index in [1.54, 1.807) is 6.07 Å². The molecule has 0 unspecified atom stereocenters. The topological polar surface area (TPSA) is 74.8 Å². The van der Waals surface area contributed by atoms with Crippen LogP contribution in [0, 0.1) is 0 Å². The number of carbonyl (C=O) groups excluding carboxylic acids is 1. The predicted molar refractivity (Wildman–Crippen MR) is 96.3 cm³/mol. The van der Waals surface area contributed by atoms with E-state index in [0.717, 1.165) is 25.7 Å². The Hall–Kier alpha value is -2.45. The quantitative estimate of drug-likeness (QED) is 0.519. The number of hydrogen-bond donors (Lipinski definition) is 3. The van der Waals surface area contributed by atoms with Gasteiger partial charge in [-0.05, 0) is 18.9 Å². The molecule has 0 bridgehead atoms. The van der Waals surface area contributed by atoms with E-state index in [1.807, 2.05) is 0 Å². The summed E-state index contributed by atoms with van der Waals surface area (Å²) in [6, 6.07) is 6.07. The van der Waals surface area contributed by atoms with E-state index in [1.165, 1.54) is 31.7 Å². The highest BCUT2D eigenvalue weighted by Gasteiger charge is 2.31. The number of para-hydroxylation sites is 1. The van der Waals surface area contributed by atoms with Gasteiger partial charge in [-0.25, -0.2) is 0 Å². The summed E-state index contributed by atoms with van der Waals surface area (Å²) in [7, 11) is 1.52. The molecule has 27 heavy (non-hydrogen) atoms. The molecular weight excluding hydrogens is 361 g/mol. The lowest BCUT2D eigenvalue weighted by atomic mass is 9.95. The van der Waals surface area contributed by atoms with Crippen LogP contribution in [0.15, 0.2) is 29.3 Å². The van der Waals surface area contributed by atoms with Gasteiger partial charge in [-0.1, -0.05) is 37.5 Å². The fourth-order valence-corrected chi connectivity index (χ4v) is 2.96. The Balaban J connectivity index is 1.81. The van der Waals surface area contributed by atoms with Gasteiger partial charge in [0.1, 0.15) is 5.75 Å². The van der Waals surface area contributed by atoms with Crippen LogP contribution in [0.4, 0.5) is 13.2 Å². The van der Waals surface area contributed by atoms with Crippen molar-refractivity contribution in [1.82, 2.24) is 16.0 Å². The fraction of sp³-hybridized carbons (Fsp3) is 0.556. The minimum atomic E-state index is -4.76. The number of benzene rings is 1. The van der Waals surface area contributed by atoms with Gasteiger partial charge in [-0.15, -0.1) is 13.2 Å². The maximum atomic E-state index is 12.5. The number of nitrogens with zero attached hydrogens (tertiary/aromatic N) is 1. The molecule has 1 aromatic rings. The molecule has 0 spiro atoms. The lowest BCUT2D eigenvalue weighted by Gasteiger charge is -2.23. The summed E-state index contributed by atoms with van der Waals surface area (Å²) in [6.07, 6.45) is 0.694. The number of hydrogen-bond acceptors (Lipinski definition) is 3. The molecule has 0 aliphatic heterocycles. The summed E-state index contributed by atoms with van der Waals surface area (Å²) in [5.41, 5.74) is 0.324. The van der Waals surface area contributed by atoms with Crippen molar-refractivity contribution in [2.75, 3.05) is 13.6 Å². The van der Waals surface area contributed by atoms with E-state index in [0.29, 0.717) is 11.5 Å². The molecule has 1 fully saturated rings. The average molecular weight is 386 g/mol. The molecule has 150 valence electrons. The van der Waals surface area contributed by atoms with Crippen molar-refractivity contribution < 1.29 is 22.7 Å². The first-order valence-corrected chi connectivity index (χ1v) is 8.95. The van der Waals surface area contributed by atoms with Crippen molar-refractivity contribution in [3.63, 3.8) is 0 Å². The van der Waals surface area contributed by atoms with Crippen LogP contribution in [0.3, 0.4) is 0 Å². The van der Waals surface area contributed by atoms with E-state index in [2.05, 4.69) is 25.7 Å². The number of carbonyl (C=O) groups is 1. The highest BCUT2D eigenvalue weighted by atomic mass is 19.4. The van der Waals surface area contributed by atoms with Crippen LogP contribution < -0.4 is 20.7 Å². The third kappa shape index (κ3) is 7.76. The van der Waals surface area contributed by atoms with Gasteiger partial charge in [-0.2, -0.15) is 0 Å². The zero-order chi connectivity index (χ0) is 19.7. The van der Waals surface area contributed by atoms with Crippen molar-refractivity contribution in [2.45, 2.75) is 51.1 Å². The van der Waals surface area contributed by atoms with Crippen LogP contribution in [0.1, 0.15) is 37.7 Å². The first-order chi connectivity index (χ1) is 12.9. The third-order valence-corrected chi connectivity index (χ3v) is 4.25. The van der Waals surface area contributed by atoms with Gasteiger partial charge in [-0.3, -0.25) is 9.79 Å². The molecule has 0 heterocycles. The van der Waals surface area contributed by atoms with Crippen LogP contribution in [-0.4, -0.2) is 37.9 Å². The van der Waals surface area contributed by atoms with Crippen molar-refractivity contribution >= 4 is 11.9 Å². The highest BCUT2D eigenvalue weighted by Crippen LogP contribution is 2.26. The lowest BCUT2D eigenvalue weighted by Crippen LogP contribution is -2.45. The first-order valence-electron chi connectivity index (χ1n) is 8.95. The second-order valence-corrected chi connectivity index (χ2v) is 6.34. The molecule has 1 aliphatic rings. The molecule has 6 nitrogen and oxygen atoms in total. The smallest absolute Gasteiger partial charge is 0.405 e. The van der Waals surface area contributed by atoms with Gasteiger partial charge in [0.2, 0.25) is 5.91 Å². The first kappa shape index (κ1) is 20.9. The zero-order valence-electron chi connectivity index (χ0n) is 15.2. The molecular formula is C18H25F3N4O2. The molecule has 0 radical (unpaired) electrons. The van der Waals surface area contributed by atoms with Crippen molar-refractivity contribution in [1.29, 1.82) is 0 Å². The van der Waals surface area contributed by atoms with E-state index in [4.69, 9.17) is 0 Å². The molecule has 0 aromatic heterocycles. The summed E-state index contributed by atoms with van der Waals surface area (Å²) >= 11 is 0. The third-order valence-electron chi connectivity index (χ3n) is 4.25. The SMILES string of the molecule is CN=C(NCC(=O)NC1CCCCC1)NCc1ccccc1OC(F)(F)F. The monoisotopic (exact) mass is 386 g/mol. The summed E-state index contributed by atoms with van der Waals surface area (Å²) in [5.74, 6) is -0.0933. The number of alkyl halides is 3. The Kier molecular flexibility index (Phi) is 7.75. The van der Waals surface area contributed by atoms with Gasteiger partial charge in [0, 0.05) is 25.2 Å². The Labute approximate surface area is 156 Å². The fourth-order valence-electron chi connectivity index (χ4n) is 2.96. The van der Waals surface area contributed by atoms with E-state index in [-0.39, 0.29) is 30.8 Å². The van der Waals surface area contributed by atoms with Crippen LogP contribution in [0.25, 0.3) is 0 Å². The average Bonchev–Trinajstić information content (AvgIpc) is 2.62. The van der Waals surface area contributed by atoms with E-state index < -0.39 is 6.36 Å². The molecule has 1 amide bonds. The van der Waals surface area contributed by atoms with Crippen molar-refractivity contribution in [3.05, 3.63) is 29.8 Å². The summed E-state index contributed by atoms with van der Waals surface area (Å²) < 4.78 is 41.4. The van der Waals surface area contributed by atoms with Gasteiger partial charge in [0.15, 0.2) is 5.96 Å². The molecule has 1 aliphatic carbocycles. The van der Waals surface area contributed by atoms with Crippen molar-refractivity contribution in [3.8, 4) is 5.75 Å². The van der Waals surface area contributed by atoms with Gasteiger partial charge >= 0.3 is 6.36 Å². The predicted octanol–water partition coefficient (Wildman–Crippen LogP) is 2.70. The second-order valence-electron chi connectivity index (χ2n) is 6.34. The normalized spacial score (nSPS) is 15.9. The largest absolute Gasteiger partial charge is 0.573 e. The Morgan fingerprint density at radius 3 is 2.56 bits per heavy atom. The number of nitrogens with one attached hydrogen (secondary N) is 3. The zero-order valence-corrected chi connectivity index (χ0v) is 15.2. The minimum absolute atomic E-state index is 0.0386. The Bertz CT molecular complexity index is 644. The van der Waals surface area contributed by atoms with Crippen LogP contribution in [-0.2, 0) is 11.3 Å². The van der Waals surface area contributed by atoms with E-state index in [9.17, 15) is 18.0 Å². The number of ether oxygens (including phenoxy) is 1. The molecule has 2 rings (SSSR count). The summed E-state index contributed by atoms with van der Waals surface area (Å²) in [6.45, 7) is 0.104. The minimum Gasteiger partial charge on any atom is -0.405 e. The number of aliphatic imine (C=N–C) groups is 1. The Morgan fingerprint density at radius 1 is 1.19 bits per heavy atom. The molecule has 0 atom stereocenters. The van der Waals surface area contributed by atoms with E-state index >= 15 is 0 Å². The molecule has 0 saturated heterocycles. The molecule has 1 saturated carbocycles. The van der Waals surface area contributed by atoms with Crippen molar-refractivity contribution in [2.24, 2.45) is 4.99 Å². The summed E-state index contributed by atoms with van der Waals surface area (Å²) in [5, 5.41) is 8.72. The maximum Gasteiger partial charge on any atom is 0.573 e.